The zero-order valence-electron chi connectivity index (χ0n) is 12.9. The number of piperidine rings is 1. The molecule has 1 amide bonds. The van der Waals surface area contributed by atoms with Gasteiger partial charge in [-0.05, 0) is 43.4 Å². The monoisotopic (exact) mass is 341 g/mol. The van der Waals surface area contributed by atoms with E-state index in [0.717, 1.165) is 42.4 Å². The number of hydrogen-bond acceptors (Lipinski definition) is 4. The van der Waals surface area contributed by atoms with Crippen LogP contribution in [-0.2, 0) is 4.79 Å². The first kappa shape index (κ1) is 17.4. The summed E-state index contributed by atoms with van der Waals surface area (Å²) in [5, 5.41) is 3.84. The molecule has 1 saturated heterocycles. The van der Waals surface area contributed by atoms with Crippen LogP contribution in [-0.4, -0.2) is 43.1 Å². The van der Waals surface area contributed by atoms with Crippen molar-refractivity contribution in [2.75, 3.05) is 30.0 Å². The van der Waals surface area contributed by atoms with E-state index in [4.69, 9.17) is 17.3 Å². The Hall–Kier alpha value is -0.910. The van der Waals surface area contributed by atoms with Crippen molar-refractivity contribution in [1.82, 2.24) is 5.32 Å². The summed E-state index contributed by atoms with van der Waals surface area (Å²) in [5.74, 6) is 0.866. The zero-order valence-corrected chi connectivity index (χ0v) is 14.5. The van der Waals surface area contributed by atoms with Gasteiger partial charge >= 0.3 is 0 Å². The fourth-order valence-corrected chi connectivity index (χ4v) is 3.45. The number of anilines is 1. The maximum atomic E-state index is 12.1. The number of benzene rings is 1. The van der Waals surface area contributed by atoms with Crippen molar-refractivity contribution in [2.24, 2.45) is 5.73 Å². The Labute approximate surface area is 141 Å². The summed E-state index contributed by atoms with van der Waals surface area (Å²) in [6.45, 7) is 1.75. The van der Waals surface area contributed by atoms with E-state index >= 15 is 0 Å². The van der Waals surface area contributed by atoms with Gasteiger partial charge in [-0.3, -0.25) is 4.79 Å². The zero-order chi connectivity index (χ0) is 15.9. The molecule has 0 spiro atoms. The Kier molecular flexibility index (Phi) is 6.86. The van der Waals surface area contributed by atoms with E-state index < -0.39 is 6.04 Å². The van der Waals surface area contributed by atoms with E-state index in [-0.39, 0.29) is 11.9 Å². The lowest BCUT2D eigenvalue weighted by Gasteiger charge is -2.35. The topological polar surface area (TPSA) is 58.4 Å². The summed E-state index contributed by atoms with van der Waals surface area (Å²) in [7, 11) is 0. The van der Waals surface area contributed by atoms with Gasteiger partial charge in [0.15, 0.2) is 0 Å². The molecular formula is C16H24ClN3OS. The predicted octanol–water partition coefficient (Wildman–Crippen LogP) is 2.51. The molecule has 0 radical (unpaired) electrons. The number of nitrogens with zero attached hydrogens (tertiary/aromatic N) is 1. The minimum Gasteiger partial charge on any atom is -0.368 e. The van der Waals surface area contributed by atoms with Crippen molar-refractivity contribution in [1.29, 1.82) is 0 Å². The lowest BCUT2D eigenvalue weighted by Crippen LogP contribution is -2.52. The lowest BCUT2D eigenvalue weighted by molar-refractivity contribution is -0.123. The molecule has 1 aliphatic rings. The van der Waals surface area contributed by atoms with Gasteiger partial charge in [0.05, 0.1) is 16.8 Å². The third-order valence-corrected chi connectivity index (χ3v) is 4.89. The van der Waals surface area contributed by atoms with Crippen molar-refractivity contribution >= 4 is 35.0 Å². The molecule has 1 fully saturated rings. The van der Waals surface area contributed by atoms with Crippen LogP contribution >= 0.6 is 23.4 Å². The first-order valence-corrected chi connectivity index (χ1v) is 9.43. The molecule has 1 aromatic carbocycles. The van der Waals surface area contributed by atoms with Crippen molar-refractivity contribution in [3.63, 3.8) is 0 Å². The highest BCUT2D eigenvalue weighted by Crippen LogP contribution is 2.27. The van der Waals surface area contributed by atoms with Crippen molar-refractivity contribution in [2.45, 2.75) is 31.3 Å². The number of nitrogens with one attached hydrogen (secondary N) is 1. The molecule has 0 aliphatic carbocycles. The van der Waals surface area contributed by atoms with Crippen molar-refractivity contribution < 1.29 is 4.79 Å². The Morgan fingerprint density at radius 2 is 2.32 bits per heavy atom. The van der Waals surface area contributed by atoms with Gasteiger partial charge in [0.2, 0.25) is 5.91 Å². The molecule has 0 saturated carbocycles. The van der Waals surface area contributed by atoms with Gasteiger partial charge in [-0.1, -0.05) is 23.7 Å². The van der Waals surface area contributed by atoms with Gasteiger partial charge < -0.3 is 16.0 Å². The maximum absolute atomic E-state index is 12.1. The van der Waals surface area contributed by atoms with E-state index in [1.165, 1.54) is 0 Å². The molecule has 0 aromatic heterocycles. The van der Waals surface area contributed by atoms with Gasteiger partial charge in [0, 0.05) is 19.1 Å². The van der Waals surface area contributed by atoms with Gasteiger partial charge in [-0.15, -0.1) is 0 Å². The molecule has 0 bridgehead atoms. The number of carbonyl (C=O) groups is 1. The van der Waals surface area contributed by atoms with Crippen molar-refractivity contribution in [3.05, 3.63) is 29.3 Å². The predicted molar refractivity (Wildman–Crippen MR) is 95.8 cm³/mol. The smallest absolute Gasteiger partial charge is 0.237 e. The SMILES string of the molecule is CSCC[C@H](N)C(=O)NC1CCCN(c2ccccc2Cl)C1. The number of thioether (sulfide) groups is 1. The van der Waals surface area contributed by atoms with Crippen LogP contribution < -0.4 is 16.0 Å². The van der Waals surface area contributed by atoms with E-state index in [1.54, 1.807) is 11.8 Å². The molecule has 1 unspecified atom stereocenters. The molecule has 2 atom stereocenters. The third-order valence-electron chi connectivity index (χ3n) is 3.93. The molecule has 122 valence electrons. The molecular weight excluding hydrogens is 318 g/mol. The summed E-state index contributed by atoms with van der Waals surface area (Å²) >= 11 is 7.98. The van der Waals surface area contributed by atoms with E-state index in [0.29, 0.717) is 6.42 Å². The van der Waals surface area contributed by atoms with Gasteiger partial charge in [-0.2, -0.15) is 11.8 Å². The second-order valence-corrected chi connectivity index (χ2v) is 7.03. The van der Waals surface area contributed by atoms with Crippen LogP contribution in [0.25, 0.3) is 0 Å². The molecule has 22 heavy (non-hydrogen) atoms. The average molecular weight is 342 g/mol. The number of amides is 1. The van der Waals surface area contributed by atoms with Gasteiger partial charge in [-0.25, -0.2) is 0 Å². The van der Waals surface area contributed by atoms with Gasteiger partial charge in [0.25, 0.3) is 0 Å². The Balaban J connectivity index is 1.91. The highest BCUT2D eigenvalue weighted by molar-refractivity contribution is 7.98. The second kappa shape index (κ2) is 8.65. The fraction of sp³-hybridized carbons (Fsp3) is 0.562. The van der Waals surface area contributed by atoms with Crippen LogP contribution in [0.4, 0.5) is 5.69 Å². The quantitative estimate of drug-likeness (QED) is 0.834. The highest BCUT2D eigenvalue weighted by atomic mass is 35.5. The summed E-state index contributed by atoms with van der Waals surface area (Å²) in [4.78, 5) is 14.4. The van der Waals surface area contributed by atoms with Crippen LogP contribution in [0.5, 0.6) is 0 Å². The van der Waals surface area contributed by atoms with Crippen LogP contribution in [0.1, 0.15) is 19.3 Å². The fourth-order valence-electron chi connectivity index (χ4n) is 2.71. The molecule has 1 heterocycles. The van der Waals surface area contributed by atoms with Crippen LogP contribution in [0.2, 0.25) is 5.02 Å². The molecule has 1 aliphatic heterocycles. The maximum Gasteiger partial charge on any atom is 0.237 e. The van der Waals surface area contributed by atoms with Crippen LogP contribution in [0, 0.1) is 0 Å². The second-order valence-electron chi connectivity index (χ2n) is 5.63. The van der Waals surface area contributed by atoms with E-state index in [9.17, 15) is 4.79 Å². The third kappa shape index (κ3) is 4.80. The number of rotatable bonds is 6. The summed E-state index contributed by atoms with van der Waals surface area (Å²) in [5.41, 5.74) is 6.97. The largest absolute Gasteiger partial charge is 0.368 e. The minimum absolute atomic E-state index is 0.0416. The molecule has 2 rings (SSSR count). The van der Waals surface area contributed by atoms with Crippen LogP contribution in [0.3, 0.4) is 0 Å². The van der Waals surface area contributed by atoms with Crippen molar-refractivity contribution in [3.8, 4) is 0 Å². The molecule has 6 heteroatoms. The summed E-state index contributed by atoms with van der Waals surface area (Å²) in [6.07, 6.45) is 4.76. The van der Waals surface area contributed by atoms with E-state index in [2.05, 4.69) is 10.2 Å². The number of carbonyl (C=O) groups excluding carboxylic acids is 1. The first-order chi connectivity index (χ1) is 10.6. The Morgan fingerprint density at radius 3 is 3.05 bits per heavy atom. The van der Waals surface area contributed by atoms with E-state index in [1.807, 2.05) is 30.5 Å². The van der Waals surface area contributed by atoms with Gasteiger partial charge in [0.1, 0.15) is 0 Å². The minimum atomic E-state index is -0.414. The number of halogens is 1. The summed E-state index contributed by atoms with van der Waals surface area (Å²) < 4.78 is 0. The first-order valence-electron chi connectivity index (χ1n) is 7.66. The standard InChI is InChI=1S/C16H24ClN3OS/c1-22-10-8-14(18)16(21)19-12-5-4-9-20(11-12)15-7-3-2-6-13(15)17/h2-3,6-7,12,14H,4-5,8-11,18H2,1H3,(H,19,21)/t12?,14-/m0/s1. The normalized spacial score (nSPS) is 19.8. The lowest BCUT2D eigenvalue weighted by atomic mass is 10.0. The molecule has 3 N–H and O–H groups in total. The molecule has 1 aromatic rings. The number of nitrogens with two attached hydrogens (primary N) is 1. The van der Waals surface area contributed by atoms with Crippen LogP contribution in [0.15, 0.2) is 24.3 Å². The molecule has 4 nitrogen and oxygen atoms in total. The highest BCUT2D eigenvalue weighted by Gasteiger charge is 2.24. The average Bonchev–Trinajstić information content (AvgIpc) is 2.53. The number of hydrogen-bond donors (Lipinski definition) is 2. The number of para-hydroxylation sites is 1. The Bertz CT molecular complexity index is 500. The summed E-state index contributed by atoms with van der Waals surface area (Å²) in [6, 6.07) is 7.57. The Morgan fingerprint density at radius 1 is 1.55 bits per heavy atom.